The first-order valence-electron chi connectivity index (χ1n) is 11.4. The highest BCUT2D eigenvalue weighted by atomic mass is 35.5. The average Bonchev–Trinajstić information content (AvgIpc) is 2.65. The van der Waals surface area contributed by atoms with Crippen molar-refractivity contribution in [2.24, 2.45) is 0 Å². The van der Waals surface area contributed by atoms with E-state index < -0.39 is 0 Å². The number of carbonyl (C=O) groups is 1. The summed E-state index contributed by atoms with van der Waals surface area (Å²) in [7, 11) is 0. The molecule has 0 spiro atoms. The van der Waals surface area contributed by atoms with Crippen LogP contribution < -0.4 is 5.32 Å². The van der Waals surface area contributed by atoms with Crippen molar-refractivity contribution in [1.82, 2.24) is 0 Å². The Labute approximate surface area is 182 Å². The minimum atomic E-state index is 0.0412. The van der Waals surface area contributed by atoms with Gasteiger partial charge in [0.05, 0.1) is 0 Å². The highest BCUT2D eigenvalue weighted by Crippen LogP contribution is 2.29. The van der Waals surface area contributed by atoms with Gasteiger partial charge in [-0.2, -0.15) is 0 Å². The number of hydrogen-bond acceptors (Lipinski definition) is 1. The van der Waals surface area contributed by atoms with Gasteiger partial charge >= 0.3 is 0 Å². The van der Waals surface area contributed by atoms with E-state index in [0.29, 0.717) is 22.2 Å². The van der Waals surface area contributed by atoms with E-state index in [1.54, 1.807) is 12.1 Å². The van der Waals surface area contributed by atoms with Crippen LogP contribution in [0.15, 0.2) is 12.1 Å². The van der Waals surface area contributed by atoms with Crippen LogP contribution >= 0.6 is 23.2 Å². The lowest BCUT2D eigenvalue weighted by molar-refractivity contribution is -0.116. The SMILES string of the molecule is CCCCCCCCCCCCCCCC(=O)Nc1cc(Cl)c(CC)c(Cl)c1. The van der Waals surface area contributed by atoms with E-state index in [2.05, 4.69) is 12.2 Å². The van der Waals surface area contributed by atoms with Gasteiger partial charge in [0.1, 0.15) is 0 Å². The summed E-state index contributed by atoms with van der Waals surface area (Å²) in [5.74, 6) is 0.0412. The second-order valence-electron chi connectivity index (χ2n) is 7.81. The largest absolute Gasteiger partial charge is 0.326 e. The Morgan fingerprint density at radius 1 is 0.750 bits per heavy atom. The molecule has 0 radical (unpaired) electrons. The van der Waals surface area contributed by atoms with Crippen LogP contribution in [0.25, 0.3) is 0 Å². The Balaban J connectivity index is 2.01. The monoisotopic (exact) mass is 427 g/mol. The molecule has 1 amide bonds. The first-order chi connectivity index (χ1) is 13.6. The van der Waals surface area contributed by atoms with Crippen LogP contribution in [0.2, 0.25) is 10.0 Å². The Bertz CT molecular complexity index is 537. The fourth-order valence-electron chi connectivity index (χ4n) is 3.54. The van der Waals surface area contributed by atoms with Gasteiger partial charge in [0.2, 0.25) is 5.91 Å². The Morgan fingerprint density at radius 2 is 1.18 bits per heavy atom. The van der Waals surface area contributed by atoms with E-state index in [0.717, 1.165) is 24.8 Å². The molecule has 0 aliphatic rings. The van der Waals surface area contributed by atoms with Gasteiger partial charge < -0.3 is 5.32 Å². The number of amides is 1. The summed E-state index contributed by atoms with van der Waals surface area (Å²) < 4.78 is 0. The molecule has 0 aromatic heterocycles. The van der Waals surface area contributed by atoms with Crippen LogP contribution in [-0.2, 0) is 11.2 Å². The molecule has 0 unspecified atom stereocenters. The second kappa shape index (κ2) is 16.1. The smallest absolute Gasteiger partial charge is 0.224 e. The first kappa shape index (κ1) is 25.3. The van der Waals surface area contributed by atoms with Crippen molar-refractivity contribution < 1.29 is 4.79 Å². The van der Waals surface area contributed by atoms with Crippen molar-refractivity contribution in [3.8, 4) is 0 Å². The van der Waals surface area contributed by atoms with Crippen LogP contribution in [0.5, 0.6) is 0 Å². The topological polar surface area (TPSA) is 29.1 Å². The molecular formula is C24H39Cl2NO. The lowest BCUT2D eigenvalue weighted by Crippen LogP contribution is -2.11. The van der Waals surface area contributed by atoms with Crippen molar-refractivity contribution in [3.05, 3.63) is 27.7 Å². The third-order valence-electron chi connectivity index (χ3n) is 5.29. The predicted octanol–water partition coefficient (Wildman–Crippen LogP) is 8.98. The second-order valence-corrected chi connectivity index (χ2v) is 8.63. The molecule has 28 heavy (non-hydrogen) atoms. The number of anilines is 1. The van der Waals surface area contributed by atoms with E-state index >= 15 is 0 Å². The van der Waals surface area contributed by atoms with Crippen molar-refractivity contribution in [2.75, 3.05) is 5.32 Å². The average molecular weight is 428 g/mol. The molecule has 0 saturated heterocycles. The standard InChI is InChI=1S/C24H39Cl2NO/c1-3-5-6-7-8-9-10-11-12-13-14-15-16-17-24(28)27-20-18-22(25)21(4-2)23(26)19-20/h18-19H,3-17H2,1-2H3,(H,27,28). The predicted molar refractivity (Wildman–Crippen MR) is 125 cm³/mol. The number of rotatable bonds is 16. The van der Waals surface area contributed by atoms with Crippen LogP contribution in [0.1, 0.15) is 109 Å². The summed E-state index contributed by atoms with van der Waals surface area (Å²) in [4.78, 5) is 12.1. The molecule has 1 aromatic carbocycles. The van der Waals surface area contributed by atoms with Gasteiger partial charge in [0.25, 0.3) is 0 Å². The van der Waals surface area contributed by atoms with E-state index in [-0.39, 0.29) is 5.91 Å². The molecule has 1 aromatic rings. The highest BCUT2D eigenvalue weighted by molar-refractivity contribution is 6.36. The fourth-order valence-corrected chi connectivity index (χ4v) is 4.29. The number of nitrogens with one attached hydrogen (secondary N) is 1. The summed E-state index contributed by atoms with van der Waals surface area (Å²) in [6, 6.07) is 3.57. The van der Waals surface area contributed by atoms with Crippen LogP contribution in [0.4, 0.5) is 5.69 Å². The van der Waals surface area contributed by atoms with E-state index in [1.807, 2.05) is 6.92 Å². The first-order valence-corrected chi connectivity index (χ1v) is 12.1. The van der Waals surface area contributed by atoms with Gasteiger partial charge in [0.15, 0.2) is 0 Å². The summed E-state index contributed by atoms with van der Waals surface area (Å²) in [5.41, 5.74) is 1.62. The third kappa shape index (κ3) is 11.3. The molecule has 160 valence electrons. The van der Waals surface area contributed by atoms with Crippen molar-refractivity contribution in [2.45, 2.75) is 110 Å². The molecule has 1 rings (SSSR count). The molecule has 0 fully saturated rings. The summed E-state index contributed by atoms with van der Waals surface area (Å²) in [6.45, 7) is 4.28. The zero-order valence-electron chi connectivity index (χ0n) is 17.9. The number of halogens is 2. The molecule has 4 heteroatoms. The number of carbonyl (C=O) groups excluding carboxylic acids is 1. The Kier molecular flexibility index (Phi) is 14.6. The molecule has 0 atom stereocenters. The van der Waals surface area contributed by atoms with Crippen molar-refractivity contribution in [3.63, 3.8) is 0 Å². The molecule has 1 N–H and O–H groups in total. The third-order valence-corrected chi connectivity index (χ3v) is 5.96. The molecule has 0 aliphatic heterocycles. The lowest BCUT2D eigenvalue weighted by atomic mass is 10.0. The van der Waals surface area contributed by atoms with Crippen molar-refractivity contribution in [1.29, 1.82) is 0 Å². The maximum Gasteiger partial charge on any atom is 0.224 e. The number of benzene rings is 1. The van der Waals surface area contributed by atoms with Crippen LogP contribution in [0, 0.1) is 0 Å². The molecular weight excluding hydrogens is 389 g/mol. The molecule has 0 heterocycles. The summed E-state index contributed by atoms with van der Waals surface area (Å²) in [6.07, 6.45) is 18.4. The summed E-state index contributed by atoms with van der Waals surface area (Å²) >= 11 is 12.4. The quantitative estimate of drug-likeness (QED) is 0.262. The summed E-state index contributed by atoms with van der Waals surface area (Å²) in [5, 5.41) is 4.14. The molecule has 0 aliphatic carbocycles. The van der Waals surface area contributed by atoms with Gasteiger partial charge in [-0.1, -0.05) is 114 Å². The van der Waals surface area contributed by atoms with Gasteiger partial charge in [-0.05, 0) is 30.5 Å². The van der Waals surface area contributed by atoms with Gasteiger partial charge in [0, 0.05) is 22.2 Å². The zero-order chi connectivity index (χ0) is 20.6. The minimum absolute atomic E-state index is 0.0412. The maximum absolute atomic E-state index is 12.1. The Hall–Kier alpha value is -0.730. The minimum Gasteiger partial charge on any atom is -0.326 e. The number of unbranched alkanes of at least 4 members (excludes halogenated alkanes) is 12. The zero-order valence-corrected chi connectivity index (χ0v) is 19.4. The number of hydrogen-bond donors (Lipinski definition) is 1. The molecule has 0 saturated carbocycles. The lowest BCUT2D eigenvalue weighted by Gasteiger charge is -2.10. The van der Waals surface area contributed by atoms with E-state index in [1.165, 1.54) is 70.6 Å². The Morgan fingerprint density at radius 3 is 1.61 bits per heavy atom. The van der Waals surface area contributed by atoms with Crippen molar-refractivity contribution >= 4 is 34.8 Å². The van der Waals surface area contributed by atoms with Gasteiger partial charge in [-0.15, -0.1) is 0 Å². The maximum atomic E-state index is 12.1. The van der Waals surface area contributed by atoms with Crippen LogP contribution in [0.3, 0.4) is 0 Å². The molecule has 0 bridgehead atoms. The molecule has 2 nitrogen and oxygen atoms in total. The normalized spacial score (nSPS) is 11.0. The van der Waals surface area contributed by atoms with Gasteiger partial charge in [-0.25, -0.2) is 0 Å². The van der Waals surface area contributed by atoms with Crippen LogP contribution in [-0.4, -0.2) is 5.91 Å². The van der Waals surface area contributed by atoms with E-state index in [4.69, 9.17) is 23.2 Å². The van der Waals surface area contributed by atoms with Gasteiger partial charge in [-0.3, -0.25) is 4.79 Å². The highest BCUT2D eigenvalue weighted by Gasteiger charge is 2.09. The van der Waals surface area contributed by atoms with E-state index in [9.17, 15) is 4.79 Å². The fraction of sp³-hybridized carbons (Fsp3) is 0.708.